The van der Waals surface area contributed by atoms with E-state index in [1.807, 2.05) is 0 Å². The van der Waals surface area contributed by atoms with E-state index in [1.54, 1.807) is 41.5 Å². The molecule has 0 heterocycles. The van der Waals surface area contributed by atoms with E-state index in [9.17, 15) is 21.6 Å². The average molecular weight is 293 g/mol. The Bertz CT molecular complexity index is 397. The maximum atomic E-state index is 12.3. The Morgan fingerprint density at radius 2 is 1.18 bits per heavy atom. The van der Waals surface area contributed by atoms with Crippen LogP contribution in [0.3, 0.4) is 0 Å². The molecule has 17 heavy (non-hydrogen) atoms. The minimum absolute atomic E-state index is 0.568. The van der Waals surface area contributed by atoms with Crippen molar-refractivity contribution in [3.05, 3.63) is 0 Å². The van der Waals surface area contributed by atoms with E-state index in [1.165, 1.54) is 0 Å². The Morgan fingerprint density at radius 3 is 1.35 bits per heavy atom. The van der Waals surface area contributed by atoms with Crippen molar-refractivity contribution in [1.29, 1.82) is 0 Å². The fourth-order valence-electron chi connectivity index (χ4n) is 1.57. The highest BCUT2D eigenvalue weighted by atomic mass is 32.2. The van der Waals surface area contributed by atoms with Crippen LogP contribution in [0.1, 0.15) is 41.5 Å². The van der Waals surface area contributed by atoms with Crippen molar-refractivity contribution in [1.82, 2.24) is 0 Å². The van der Waals surface area contributed by atoms with Crippen LogP contribution in [0.2, 0.25) is 0 Å². The fourth-order valence-corrected chi connectivity index (χ4v) is 7.39. The second-order valence-corrected chi connectivity index (χ2v) is 11.7. The number of alkyl halides is 3. The SMILES string of the molecule is CC(C)(C)[PH](=NS(=O)(=O)C(F)(F)F)C(C)(C)C. The summed E-state index contributed by atoms with van der Waals surface area (Å²) in [5.41, 5.74) is -5.31. The fraction of sp³-hybridized carbons (Fsp3) is 1.00. The summed E-state index contributed by atoms with van der Waals surface area (Å²) in [5.74, 6) is 0. The maximum Gasteiger partial charge on any atom is 0.518 e. The van der Waals surface area contributed by atoms with Gasteiger partial charge in [0.25, 0.3) is 0 Å². The van der Waals surface area contributed by atoms with Crippen molar-refractivity contribution in [3.8, 4) is 0 Å². The van der Waals surface area contributed by atoms with Crippen LogP contribution in [0.25, 0.3) is 0 Å². The van der Waals surface area contributed by atoms with Crippen molar-refractivity contribution in [3.63, 3.8) is 0 Å². The molecule has 0 aromatic heterocycles. The molecule has 0 aromatic rings. The van der Waals surface area contributed by atoms with Crippen LogP contribution >= 0.6 is 7.71 Å². The van der Waals surface area contributed by atoms with E-state index in [4.69, 9.17) is 0 Å². The first kappa shape index (κ1) is 17.0. The van der Waals surface area contributed by atoms with Gasteiger partial charge in [0.15, 0.2) is 0 Å². The Labute approximate surface area is 101 Å². The normalized spacial score (nSPS) is 15.2. The maximum absolute atomic E-state index is 12.3. The van der Waals surface area contributed by atoms with E-state index in [0.29, 0.717) is 0 Å². The third-order valence-electron chi connectivity index (χ3n) is 1.92. The minimum atomic E-state index is -5.39. The third-order valence-corrected chi connectivity index (χ3v) is 7.04. The van der Waals surface area contributed by atoms with E-state index < -0.39 is 33.6 Å². The van der Waals surface area contributed by atoms with Crippen LogP contribution in [0, 0.1) is 0 Å². The molecule has 0 fully saturated rings. The number of halogens is 3. The highest BCUT2D eigenvalue weighted by molar-refractivity contribution is 7.93. The Balaban J connectivity index is 5.87. The zero-order chi connectivity index (χ0) is 14.3. The molecular weight excluding hydrogens is 274 g/mol. The summed E-state index contributed by atoms with van der Waals surface area (Å²) in [6, 6.07) is 0. The van der Waals surface area contributed by atoms with Crippen LogP contribution in [0.15, 0.2) is 4.15 Å². The highest BCUT2D eigenvalue weighted by Gasteiger charge is 2.47. The minimum Gasteiger partial charge on any atom is -0.195 e. The van der Waals surface area contributed by atoms with Gasteiger partial charge in [-0.15, -0.1) is 0 Å². The molecule has 8 heteroatoms. The molecule has 3 nitrogen and oxygen atoms in total. The Morgan fingerprint density at radius 1 is 0.882 bits per heavy atom. The van der Waals surface area contributed by atoms with Gasteiger partial charge in [-0.1, -0.05) is 41.5 Å². The summed E-state index contributed by atoms with van der Waals surface area (Å²) in [5, 5.41) is -1.14. The van der Waals surface area contributed by atoms with Gasteiger partial charge in [0.2, 0.25) is 0 Å². The highest BCUT2D eigenvalue weighted by Crippen LogP contribution is 2.53. The molecule has 0 aromatic carbocycles. The molecule has 0 amide bonds. The lowest BCUT2D eigenvalue weighted by Crippen LogP contribution is -2.25. The zero-order valence-electron chi connectivity index (χ0n) is 10.8. The van der Waals surface area contributed by atoms with E-state index >= 15 is 0 Å². The second kappa shape index (κ2) is 4.57. The largest absolute Gasteiger partial charge is 0.518 e. The summed E-state index contributed by atoms with van der Waals surface area (Å²) in [4.78, 5) is 0. The van der Waals surface area contributed by atoms with Crippen LogP contribution in [0.5, 0.6) is 0 Å². The molecule has 0 bridgehead atoms. The molecule has 0 spiro atoms. The van der Waals surface area contributed by atoms with Crippen molar-refractivity contribution < 1.29 is 21.6 Å². The van der Waals surface area contributed by atoms with Gasteiger partial charge < -0.3 is 0 Å². The van der Waals surface area contributed by atoms with E-state index in [2.05, 4.69) is 4.15 Å². The summed E-state index contributed by atoms with van der Waals surface area (Å²) in [6.45, 7) is 10.3. The van der Waals surface area contributed by atoms with Crippen LogP contribution < -0.4 is 0 Å². The van der Waals surface area contributed by atoms with Crippen molar-refractivity contribution in [2.45, 2.75) is 57.4 Å². The van der Waals surface area contributed by atoms with Gasteiger partial charge in [-0.2, -0.15) is 25.7 Å². The van der Waals surface area contributed by atoms with Gasteiger partial charge in [-0.25, -0.2) is 0 Å². The van der Waals surface area contributed by atoms with Gasteiger partial charge in [-0.05, 0) is 18.0 Å². The van der Waals surface area contributed by atoms with Crippen molar-refractivity contribution in [2.24, 2.45) is 4.15 Å². The molecule has 0 rings (SSSR count). The van der Waals surface area contributed by atoms with E-state index in [-0.39, 0.29) is 0 Å². The van der Waals surface area contributed by atoms with E-state index in [0.717, 1.165) is 0 Å². The molecule has 0 saturated heterocycles. The number of hydrogen-bond acceptors (Lipinski definition) is 2. The molecular formula is C9H19F3NO2PS. The predicted octanol–water partition coefficient (Wildman–Crippen LogP) is 3.83. The van der Waals surface area contributed by atoms with Crippen LogP contribution in [0.4, 0.5) is 13.2 Å². The van der Waals surface area contributed by atoms with Gasteiger partial charge in [0.05, 0.1) is 0 Å². The lowest BCUT2D eigenvalue weighted by Gasteiger charge is -2.33. The number of nitrogens with zero attached hydrogens (tertiary/aromatic N) is 1. The third kappa shape index (κ3) is 4.62. The van der Waals surface area contributed by atoms with Gasteiger partial charge in [0.1, 0.15) is 0 Å². The second-order valence-electron chi connectivity index (χ2n) is 5.86. The summed E-state index contributed by atoms with van der Waals surface area (Å²) < 4.78 is 62.3. The molecule has 0 aliphatic heterocycles. The summed E-state index contributed by atoms with van der Waals surface area (Å²) in [7, 11) is -7.49. The monoisotopic (exact) mass is 293 g/mol. The topological polar surface area (TPSA) is 46.5 Å². The molecule has 0 aliphatic carbocycles. The zero-order valence-corrected chi connectivity index (χ0v) is 12.6. The Kier molecular flexibility index (Phi) is 4.57. The summed E-state index contributed by atoms with van der Waals surface area (Å²) in [6.07, 6.45) is 0. The first-order chi connectivity index (χ1) is 7.09. The molecule has 0 saturated carbocycles. The smallest absolute Gasteiger partial charge is 0.195 e. The molecule has 0 radical (unpaired) electrons. The number of sulfonamides is 1. The Hall–Kier alpha value is -0.0300. The molecule has 0 aliphatic rings. The molecule has 0 N–H and O–H groups in total. The molecule has 104 valence electrons. The van der Waals surface area contributed by atoms with Crippen molar-refractivity contribution >= 4 is 17.7 Å². The van der Waals surface area contributed by atoms with Crippen LogP contribution in [-0.2, 0) is 10.0 Å². The predicted molar refractivity (Wildman–Crippen MR) is 65.2 cm³/mol. The van der Waals surface area contributed by atoms with Crippen LogP contribution in [-0.4, -0.2) is 24.2 Å². The van der Waals surface area contributed by atoms with Gasteiger partial charge >= 0.3 is 15.5 Å². The molecule has 0 atom stereocenters. The number of rotatable bonds is 1. The average Bonchev–Trinajstić information content (AvgIpc) is 1.93. The van der Waals surface area contributed by atoms with Crippen molar-refractivity contribution in [2.75, 3.05) is 0 Å². The standard InChI is InChI=1S/C9H19F3NO2PS/c1-7(2,3)16(8(4,5)6)13-17(14,15)9(10,11)12/h16H,1-6H3. The number of hydrogen-bond donors (Lipinski definition) is 0. The summed E-state index contributed by atoms with van der Waals surface area (Å²) >= 11 is 0. The van der Waals surface area contributed by atoms with Gasteiger partial charge in [-0.3, -0.25) is 0 Å². The quantitative estimate of drug-likeness (QED) is 0.690. The lowest BCUT2D eigenvalue weighted by atomic mass is 10.2. The molecule has 0 unspecified atom stereocenters. The van der Waals surface area contributed by atoms with Gasteiger partial charge in [0, 0.05) is 0 Å². The first-order valence-electron chi connectivity index (χ1n) is 5.01. The first-order valence-corrected chi connectivity index (χ1v) is 7.90. The lowest BCUT2D eigenvalue weighted by molar-refractivity contribution is -0.0434.